The van der Waals surface area contributed by atoms with E-state index in [1.165, 1.54) is 6.26 Å². The zero-order valence-corrected chi connectivity index (χ0v) is 15.3. The van der Waals surface area contributed by atoms with Crippen molar-refractivity contribution in [1.29, 1.82) is 0 Å². The summed E-state index contributed by atoms with van der Waals surface area (Å²) in [6, 6.07) is 10.7. The van der Waals surface area contributed by atoms with Crippen LogP contribution < -0.4 is 0 Å². The number of rotatable bonds is 5. The second-order valence-electron chi connectivity index (χ2n) is 6.71. The maximum absolute atomic E-state index is 13.2. The lowest BCUT2D eigenvalue weighted by Gasteiger charge is -2.38. The molecule has 1 aliphatic heterocycles. The van der Waals surface area contributed by atoms with E-state index in [4.69, 9.17) is 4.42 Å². The molecule has 0 saturated heterocycles. The van der Waals surface area contributed by atoms with Gasteiger partial charge in [-0.15, -0.1) is 0 Å². The Morgan fingerprint density at radius 1 is 1.23 bits per heavy atom. The van der Waals surface area contributed by atoms with Crippen molar-refractivity contribution in [3.63, 3.8) is 0 Å². The monoisotopic (exact) mass is 352 g/mol. The number of likely N-dealkylation sites (N-methyl/N-ethyl adjacent to an activating group) is 1. The first kappa shape index (κ1) is 18.0. The highest BCUT2D eigenvalue weighted by atomic mass is 16.3. The van der Waals surface area contributed by atoms with Crippen LogP contribution in [0.4, 0.5) is 0 Å². The van der Waals surface area contributed by atoms with E-state index in [0.29, 0.717) is 26.1 Å². The van der Waals surface area contributed by atoms with E-state index in [-0.39, 0.29) is 17.6 Å². The molecule has 2 aromatic rings. The summed E-state index contributed by atoms with van der Waals surface area (Å²) in [4.78, 5) is 29.6. The third kappa shape index (κ3) is 3.57. The van der Waals surface area contributed by atoms with Crippen LogP contribution in [0.25, 0.3) is 0 Å². The lowest BCUT2D eigenvalue weighted by Crippen LogP contribution is -2.53. The van der Waals surface area contributed by atoms with Gasteiger partial charge < -0.3 is 14.2 Å². The summed E-state index contributed by atoms with van der Waals surface area (Å²) in [6.07, 6.45) is 1.98. The molecule has 0 spiro atoms. The molecule has 0 N–H and O–H groups in total. The van der Waals surface area contributed by atoms with Gasteiger partial charge in [-0.2, -0.15) is 0 Å². The van der Waals surface area contributed by atoms with E-state index in [1.54, 1.807) is 21.9 Å². The summed E-state index contributed by atoms with van der Waals surface area (Å²) in [7, 11) is 0. The predicted octanol–water partition coefficient (Wildman–Crippen LogP) is 3.27. The Hall–Kier alpha value is -2.82. The topological polar surface area (TPSA) is 53.8 Å². The van der Waals surface area contributed by atoms with Crippen LogP contribution in [0.15, 0.2) is 59.2 Å². The van der Waals surface area contributed by atoms with Crippen molar-refractivity contribution in [2.24, 2.45) is 0 Å². The van der Waals surface area contributed by atoms with Crippen molar-refractivity contribution >= 4 is 11.8 Å². The minimum Gasteiger partial charge on any atom is -0.459 e. The van der Waals surface area contributed by atoms with Gasteiger partial charge in [-0.1, -0.05) is 36.4 Å². The quantitative estimate of drug-likeness (QED) is 0.776. The summed E-state index contributed by atoms with van der Waals surface area (Å²) in [6.45, 7) is 9.23. The van der Waals surface area contributed by atoms with Crippen molar-refractivity contribution in [3.05, 3.63) is 71.7 Å². The molecule has 3 rings (SSSR count). The molecule has 0 fully saturated rings. The van der Waals surface area contributed by atoms with Crippen LogP contribution in [-0.4, -0.2) is 40.7 Å². The fraction of sp³-hybridized carbons (Fsp3) is 0.333. The normalized spacial score (nSPS) is 16.1. The second kappa shape index (κ2) is 7.60. The lowest BCUT2D eigenvalue weighted by atomic mass is 9.92. The molecule has 136 valence electrons. The molecule has 0 radical (unpaired) electrons. The highest BCUT2D eigenvalue weighted by Crippen LogP contribution is 2.26. The first-order chi connectivity index (χ1) is 12.5. The molecular weight excluding hydrogens is 328 g/mol. The molecule has 1 aliphatic rings. The number of benzene rings is 1. The van der Waals surface area contributed by atoms with Crippen molar-refractivity contribution < 1.29 is 14.0 Å². The molecule has 1 unspecified atom stereocenters. The van der Waals surface area contributed by atoms with Crippen LogP contribution in [-0.2, 0) is 17.8 Å². The van der Waals surface area contributed by atoms with Crippen molar-refractivity contribution in [2.75, 3.05) is 13.1 Å². The maximum atomic E-state index is 13.2. The number of hydrogen-bond acceptors (Lipinski definition) is 3. The Morgan fingerprint density at radius 2 is 1.96 bits per heavy atom. The number of nitrogens with zero attached hydrogens (tertiary/aromatic N) is 2. The first-order valence-corrected chi connectivity index (χ1v) is 8.85. The van der Waals surface area contributed by atoms with Gasteiger partial charge in [-0.3, -0.25) is 9.59 Å². The van der Waals surface area contributed by atoms with Gasteiger partial charge in [0.1, 0.15) is 6.04 Å². The average Bonchev–Trinajstić information content (AvgIpc) is 3.18. The third-order valence-electron chi connectivity index (χ3n) is 4.68. The minimum absolute atomic E-state index is 0.0510. The molecule has 0 saturated carbocycles. The predicted molar refractivity (Wildman–Crippen MR) is 99.6 cm³/mol. The van der Waals surface area contributed by atoms with Crippen molar-refractivity contribution in [1.82, 2.24) is 9.80 Å². The van der Waals surface area contributed by atoms with E-state index in [1.807, 2.05) is 38.1 Å². The fourth-order valence-electron chi connectivity index (χ4n) is 3.38. The molecule has 5 heteroatoms. The van der Waals surface area contributed by atoms with Gasteiger partial charge in [0.25, 0.3) is 5.91 Å². The SMILES string of the molecule is C=C(C)CN(CC)C(=O)C1Cc2ccccc2CN1C(=O)c1ccco1. The van der Waals surface area contributed by atoms with Gasteiger partial charge in [0.2, 0.25) is 5.91 Å². The summed E-state index contributed by atoms with van der Waals surface area (Å²) in [5, 5.41) is 0. The molecule has 2 amide bonds. The Bertz CT molecular complexity index is 810. The molecule has 1 aromatic carbocycles. The van der Waals surface area contributed by atoms with Crippen LogP contribution >= 0.6 is 0 Å². The smallest absolute Gasteiger partial charge is 0.290 e. The summed E-state index contributed by atoms with van der Waals surface area (Å²) in [5.41, 5.74) is 3.10. The molecule has 5 nitrogen and oxygen atoms in total. The van der Waals surface area contributed by atoms with Crippen LogP contribution in [0.2, 0.25) is 0 Å². The van der Waals surface area contributed by atoms with Gasteiger partial charge in [-0.05, 0) is 37.1 Å². The number of carbonyl (C=O) groups is 2. The van der Waals surface area contributed by atoms with E-state index in [0.717, 1.165) is 16.7 Å². The number of carbonyl (C=O) groups excluding carboxylic acids is 2. The van der Waals surface area contributed by atoms with Crippen LogP contribution in [0, 0.1) is 0 Å². The molecule has 26 heavy (non-hydrogen) atoms. The molecule has 1 aromatic heterocycles. The number of hydrogen-bond donors (Lipinski definition) is 0. The zero-order chi connectivity index (χ0) is 18.7. The average molecular weight is 352 g/mol. The van der Waals surface area contributed by atoms with Gasteiger partial charge in [-0.25, -0.2) is 0 Å². The number of furan rings is 1. The van der Waals surface area contributed by atoms with Crippen molar-refractivity contribution in [2.45, 2.75) is 32.9 Å². The molecular formula is C21H24N2O3. The van der Waals surface area contributed by atoms with E-state index in [9.17, 15) is 9.59 Å². The number of amides is 2. The van der Waals surface area contributed by atoms with E-state index < -0.39 is 6.04 Å². The van der Waals surface area contributed by atoms with Gasteiger partial charge in [0, 0.05) is 26.1 Å². The summed E-state index contributed by atoms with van der Waals surface area (Å²) < 4.78 is 5.29. The van der Waals surface area contributed by atoms with Gasteiger partial charge >= 0.3 is 0 Å². The largest absolute Gasteiger partial charge is 0.459 e. The molecule has 1 atom stereocenters. The standard InChI is InChI=1S/C21H24N2O3/c1-4-22(13-15(2)3)20(24)18-12-16-8-5-6-9-17(16)14-23(18)21(25)19-10-7-11-26-19/h5-11,18H,2,4,12-14H2,1,3H3. The van der Waals surface area contributed by atoms with Crippen LogP contribution in [0.3, 0.4) is 0 Å². The van der Waals surface area contributed by atoms with E-state index >= 15 is 0 Å². The zero-order valence-electron chi connectivity index (χ0n) is 15.3. The number of fused-ring (bicyclic) bond motifs is 1. The Labute approximate surface area is 153 Å². The molecule has 2 heterocycles. The van der Waals surface area contributed by atoms with Crippen molar-refractivity contribution in [3.8, 4) is 0 Å². The Kier molecular flexibility index (Phi) is 5.26. The second-order valence-corrected chi connectivity index (χ2v) is 6.71. The third-order valence-corrected chi connectivity index (χ3v) is 4.68. The maximum Gasteiger partial charge on any atom is 0.290 e. The fourth-order valence-corrected chi connectivity index (χ4v) is 3.38. The molecule has 0 bridgehead atoms. The van der Waals surface area contributed by atoms with Crippen LogP contribution in [0.5, 0.6) is 0 Å². The highest BCUT2D eigenvalue weighted by Gasteiger charge is 2.37. The minimum atomic E-state index is -0.540. The Morgan fingerprint density at radius 3 is 2.58 bits per heavy atom. The summed E-state index contributed by atoms with van der Waals surface area (Å²) >= 11 is 0. The van der Waals surface area contributed by atoms with E-state index in [2.05, 4.69) is 6.58 Å². The lowest BCUT2D eigenvalue weighted by molar-refractivity contribution is -0.136. The van der Waals surface area contributed by atoms with Crippen LogP contribution in [0.1, 0.15) is 35.5 Å². The highest BCUT2D eigenvalue weighted by molar-refractivity contribution is 5.96. The first-order valence-electron chi connectivity index (χ1n) is 8.85. The van der Waals surface area contributed by atoms with Gasteiger partial charge in [0.15, 0.2) is 5.76 Å². The summed E-state index contributed by atoms with van der Waals surface area (Å²) in [5.74, 6) is -0.0516. The van der Waals surface area contributed by atoms with Gasteiger partial charge in [0.05, 0.1) is 6.26 Å². The molecule has 0 aliphatic carbocycles. The Balaban J connectivity index is 1.94.